The second-order valence-corrected chi connectivity index (χ2v) is 3.02. The van der Waals surface area contributed by atoms with Crippen LogP contribution in [0.2, 0.25) is 0 Å². The molecule has 1 heterocycles. The Morgan fingerprint density at radius 1 is 1.31 bits per heavy atom. The molecule has 0 aliphatic rings. The third-order valence-corrected chi connectivity index (χ3v) is 2.24. The maximum absolute atomic E-state index is 11.9. The van der Waals surface area contributed by atoms with Gasteiger partial charge in [0.1, 0.15) is 11.3 Å². The molecule has 2 aromatic rings. The Kier molecular flexibility index (Phi) is 1.72. The lowest BCUT2D eigenvalue weighted by atomic mass is 10.1. The Labute approximate surface area is 74.8 Å². The van der Waals surface area contributed by atoms with E-state index in [9.17, 15) is 4.53 Å². The van der Waals surface area contributed by atoms with Gasteiger partial charge in [-0.3, -0.25) is 4.94 Å². The quantitative estimate of drug-likeness (QED) is 0.671. The number of hydrogen-bond acceptors (Lipinski definition) is 2. The van der Waals surface area contributed by atoms with E-state index in [2.05, 4.69) is 4.94 Å². The fraction of sp³-hybridized carbons (Fsp3) is 0.200. The van der Waals surface area contributed by atoms with Gasteiger partial charge in [0, 0.05) is 9.91 Å². The van der Waals surface area contributed by atoms with Crippen LogP contribution in [0.3, 0.4) is 0 Å². The van der Waals surface area contributed by atoms with Crippen molar-refractivity contribution in [1.82, 2.24) is 0 Å². The van der Waals surface area contributed by atoms with Crippen LogP contribution in [-0.4, -0.2) is 0 Å². The smallest absolute Gasteiger partial charge is 0.172 e. The van der Waals surface area contributed by atoms with E-state index in [4.69, 9.17) is 4.42 Å². The summed E-state index contributed by atoms with van der Waals surface area (Å²) in [6, 6.07) is 4.86. The first kappa shape index (κ1) is 8.10. The van der Waals surface area contributed by atoms with Gasteiger partial charge in [0.25, 0.3) is 0 Å². The van der Waals surface area contributed by atoms with E-state index in [1.807, 2.05) is 13.8 Å². The van der Waals surface area contributed by atoms with Crippen LogP contribution >= 0.6 is 0 Å². The van der Waals surface area contributed by atoms with E-state index in [1.165, 1.54) is 6.07 Å². The van der Waals surface area contributed by atoms with Crippen molar-refractivity contribution < 1.29 is 13.9 Å². The average Bonchev–Trinajstić information content (AvgIpc) is 2.43. The second kappa shape index (κ2) is 2.76. The van der Waals surface area contributed by atoms with Gasteiger partial charge in [-0.15, -0.1) is 0 Å². The van der Waals surface area contributed by atoms with Crippen molar-refractivity contribution in [3.8, 4) is 5.75 Å². The molecule has 2 nitrogen and oxygen atoms in total. The highest BCUT2D eigenvalue weighted by atomic mass is 19.3. The zero-order chi connectivity index (χ0) is 9.42. The van der Waals surface area contributed by atoms with Crippen LogP contribution in [0.15, 0.2) is 22.6 Å². The van der Waals surface area contributed by atoms with Crippen molar-refractivity contribution in [3.05, 3.63) is 29.5 Å². The fourth-order valence-electron chi connectivity index (χ4n) is 1.37. The summed E-state index contributed by atoms with van der Waals surface area (Å²) in [6.45, 7) is 3.81. The van der Waals surface area contributed by atoms with Gasteiger partial charge < -0.3 is 4.42 Å². The Hall–Kier alpha value is -1.51. The molecular weight excluding hydrogens is 171 g/mol. The molecule has 0 amide bonds. The van der Waals surface area contributed by atoms with Crippen molar-refractivity contribution in [2.24, 2.45) is 0 Å². The average molecular weight is 180 g/mol. The fourth-order valence-corrected chi connectivity index (χ4v) is 1.37. The first-order valence-electron chi connectivity index (χ1n) is 4.00. The third kappa shape index (κ3) is 1.16. The van der Waals surface area contributed by atoms with Gasteiger partial charge in [-0.05, 0) is 37.6 Å². The minimum absolute atomic E-state index is 0.205. The van der Waals surface area contributed by atoms with Crippen LogP contribution in [0, 0.1) is 13.8 Å². The van der Waals surface area contributed by atoms with Crippen molar-refractivity contribution in [3.63, 3.8) is 0 Å². The predicted molar refractivity (Wildman–Crippen MR) is 47.4 cm³/mol. The molecule has 1 aromatic carbocycles. The molecule has 13 heavy (non-hydrogen) atoms. The molecule has 0 unspecified atom stereocenters. The number of aryl methyl sites for hydroxylation is 2. The lowest BCUT2D eigenvalue weighted by Gasteiger charge is -1.93. The molecule has 1 aromatic heterocycles. The topological polar surface area (TPSA) is 22.4 Å². The molecule has 0 aliphatic carbocycles. The van der Waals surface area contributed by atoms with Gasteiger partial charge in [0.15, 0.2) is 5.75 Å². The number of fused-ring (bicyclic) bond motifs is 1. The van der Waals surface area contributed by atoms with Crippen molar-refractivity contribution in [2.75, 3.05) is 0 Å². The van der Waals surface area contributed by atoms with Crippen molar-refractivity contribution in [2.45, 2.75) is 13.8 Å². The Morgan fingerprint density at radius 2 is 2.08 bits per heavy atom. The molecular formula is C10H9FO2. The van der Waals surface area contributed by atoms with Crippen LogP contribution in [0.1, 0.15) is 11.3 Å². The third-order valence-electron chi connectivity index (χ3n) is 2.24. The number of benzene rings is 1. The van der Waals surface area contributed by atoms with Gasteiger partial charge in [0.05, 0.1) is 0 Å². The number of rotatable bonds is 1. The summed E-state index contributed by atoms with van der Waals surface area (Å²) < 4.78 is 17.3. The highest BCUT2D eigenvalue weighted by molar-refractivity contribution is 5.83. The SMILES string of the molecule is Cc1oc2ccc(OF)cc2c1C. The molecule has 0 spiro atoms. The van der Waals surface area contributed by atoms with Crippen LogP contribution < -0.4 is 4.94 Å². The van der Waals surface area contributed by atoms with Gasteiger partial charge in [-0.25, -0.2) is 0 Å². The van der Waals surface area contributed by atoms with E-state index in [0.717, 1.165) is 22.3 Å². The maximum atomic E-state index is 11.9. The molecule has 0 bridgehead atoms. The van der Waals surface area contributed by atoms with Gasteiger partial charge in [-0.1, -0.05) is 0 Å². The normalized spacial score (nSPS) is 10.7. The zero-order valence-corrected chi connectivity index (χ0v) is 7.43. The van der Waals surface area contributed by atoms with Crippen LogP contribution in [0.25, 0.3) is 11.0 Å². The Balaban J connectivity index is 2.75. The summed E-state index contributed by atoms with van der Waals surface area (Å²) in [5.41, 5.74) is 1.78. The zero-order valence-electron chi connectivity index (χ0n) is 7.43. The van der Waals surface area contributed by atoms with Crippen LogP contribution in [0.4, 0.5) is 4.53 Å². The summed E-state index contributed by atoms with van der Waals surface area (Å²) in [5.74, 6) is 1.06. The molecule has 0 radical (unpaired) electrons. The summed E-state index contributed by atoms with van der Waals surface area (Å²) in [7, 11) is 0. The van der Waals surface area contributed by atoms with Crippen molar-refractivity contribution in [1.29, 1.82) is 0 Å². The highest BCUT2D eigenvalue weighted by Gasteiger charge is 2.07. The summed E-state index contributed by atoms with van der Waals surface area (Å²) in [5, 5.41) is 0.896. The molecule has 0 saturated carbocycles. The molecule has 0 N–H and O–H groups in total. The first-order valence-corrected chi connectivity index (χ1v) is 4.00. The molecule has 2 rings (SSSR count). The van der Waals surface area contributed by atoms with E-state index >= 15 is 0 Å². The monoisotopic (exact) mass is 180 g/mol. The standard InChI is InChI=1S/C10H9FO2/c1-6-7(2)12-10-4-3-8(13-11)5-9(6)10/h3-5H,1-2H3. The van der Waals surface area contributed by atoms with Crippen LogP contribution in [-0.2, 0) is 0 Å². The van der Waals surface area contributed by atoms with Gasteiger partial charge in [0.2, 0.25) is 0 Å². The number of furan rings is 1. The molecule has 68 valence electrons. The number of hydrogen-bond donors (Lipinski definition) is 0. The van der Waals surface area contributed by atoms with E-state index in [-0.39, 0.29) is 5.75 Å². The highest BCUT2D eigenvalue weighted by Crippen LogP contribution is 2.28. The lowest BCUT2D eigenvalue weighted by Crippen LogP contribution is -1.76. The summed E-state index contributed by atoms with van der Waals surface area (Å²) in [6.07, 6.45) is 0. The lowest BCUT2D eigenvalue weighted by molar-refractivity contribution is -0.00604. The maximum Gasteiger partial charge on any atom is 0.172 e. The Bertz CT molecular complexity index is 445. The van der Waals surface area contributed by atoms with Gasteiger partial charge in [-0.2, -0.15) is 0 Å². The van der Waals surface area contributed by atoms with E-state index in [1.54, 1.807) is 12.1 Å². The molecule has 0 fully saturated rings. The van der Waals surface area contributed by atoms with E-state index < -0.39 is 0 Å². The largest absolute Gasteiger partial charge is 0.461 e. The van der Waals surface area contributed by atoms with Crippen LogP contribution in [0.5, 0.6) is 5.75 Å². The minimum Gasteiger partial charge on any atom is -0.461 e. The molecule has 0 saturated heterocycles. The summed E-state index contributed by atoms with van der Waals surface area (Å²) in [4.78, 5) is 3.64. The minimum atomic E-state index is 0.205. The van der Waals surface area contributed by atoms with Gasteiger partial charge >= 0.3 is 0 Å². The van der Waals surface area contributed by atoms with Crippen molar-refractivity contribution >= 4 is 11.0 Å². The predicted octanol–water partition coefficient (Wildman–Crippen LogP) is 3.31. The molecule has 0 atom stereocenters. The molecule has 0 aliphatic heterocycles. The summed E-state index contributed by atoms with van der Waals surface area (Å²) >= 11 is 0. The molecule has 3 heteroatoms. The Morgan fingerprint density at radius 3 is 2.77 bits per heavy atom. The number of halogens is 1. The van der Waals surface area contributed by atoms with E-state index in [0.29, 0.717) is 0 Å². The first-order chi connectivity index (χ1) is 6.22. The second-order valence-electron chi connectivity index (χ2n) is 3.02.